The highest BCUT2D eigenvalue weighted by Crippen LogP contribution is 2.28. The third-order valence-corrected chi connectivity index (χ3v) is 3.70. The van der Waals surface area contributed by atoms with E-state index in [9.17, 15) is 0 Å². The number of aromatic nitrogens is 1. The molecule has 0 aliphatic carbocycles. The smallest absolute Gasteiger partial charge is 0.139 e. The van der Waals surface area contributed by atoms with Crippen LogP contribution in [0, 0.1) is 0 Å². The number of fused-ring (bicyclic) bond motifs is 1. The van der Waals surface area contributed by atoms with Gasteiger partial charge in [0.1, 0.15) is 5.75 Å². The van der Waals surface area contributed by atoms with Gasteiger partial charge < -0.3 is 10.1 Å². The fourth-order valence-electron chi connectivity index (χ4n) is 2.29. The topological polar surface area (TPSA) is 34.1 Å². The van der Waals surface area contributed by atoms with Crippen LogP contribution in [-0.4, -0.2) is 12.1 Å². The minimum Gasteiger partial charge on any atom is -0.495 e. The van der Waals surface area contributed by atoms with Gasteiger partial charge in [-0.2, -0.15) is 0 Å². The average Bonchev–Trinajstić information content (AvgIpc) is 2.54. The Bertz CT molecular complexity index is 768. The molecule has 0 spiro atoms. The van der Waals surface area contributed by atoms with Crippen molar-refractivity contribution >= 4 is 28.1 Å². The lowest BCUT2D eigenvalue weighted by Crippen LogP contribution is -2.01. The molecule has 21 heavy (non-hydrogen) atoms. The summed E-state index contributed by atoms with van der Waals surface area (Å²) in [7, 11) is 1.61. The number of nitrogens with one attached hydrogen (secondary N) is 1. The predicted molar refractivity (Wildman–Crippen MR) is 87.1 cm³/mol. The van der Waals surface area contributed by atoms with Gasteiger partial charge >= 0.3 is 0 Å². The lowest BCUT2D eigenvalue weighted by Gasteiger charge is -2.11. The number of anilines is 1. The third-order valence-electron chi connectivity index (χ3n) is 3.38. The Morgan fingerprint density at radius 3 is 2.86 bits per heavy atom. The van der Waals surface area contributed by atoms with Crippen molar-refractivity contribution in [1.29, 1.82) is 0 Å². The highest BCUT2D eigenvalue weighted by Gasteiger charge is 2.04. The van der Waals surface area contributed by atoms with Crippen LogP contribution < -0.4 is 10.1 Å². The maximum Gasteiger partial charge on any atom is 0.139 e. The van der Waals surface area contributed by atoms with Gasteiger partial charge in [0.05, 0.1) is 12.1 Å². The van der Waals surface area contributed by atoms with E-state index in [-0.39, 0.29) is 0 Å². The van der Waals surface area contributed by atoms with Crippen LogP contribution in [0.15, 0.2) is 54.9 Å². The number of benzene rings is 2. The first kappa shape index (κ1) is 13.7. The lowest BCUT2D eigenvalue weighted by molar-refractivity contribution is 0.415. The zero-order valence-corrected chi connectivity index (χ0v) is 12.4. The van der Waals surface area contributed by atoms with Crippen molar-refractivity contribution in [3.05, 3.63) is 65.4 Å². The molecule has 1 aromatic heterocycles. The molecule has 0 saturated heterocycles. The molecule has 3 rings (SSSR count). The molecule has 1 N–H and O–H groups in total. The quantitative estimate of drug-likeness (QED) is 0.769. The molecule has 0 saturated carbocycles. The largest absolute Gasteiger partial charge is 0.495 e. The molecule has 0 aliphatic rings. The molecule has 1 heterocycles. The second-order valence-electron chi connectivity index (χ2n) is 4.72. The van der Waals surface area contributed by atoms with E-state index in [0.717, 1.165) is 16.6 Å². The number of hydrogen-bond donors (Lipinski definition) is 1. The summed E-state index contributed by atoms with van der Waals surface area (Å²) in [5.74, 6) is 0.665. The molecule has 4 heteroatoms. The molecular formula is C17H15ClN2O. The van der Waals surface area contributed by atoms with Crippen LogP contribution in [0.2, 0.25) is 5.02 Å². The first-order chi connectivity index (χ1) is 10.3. The molecule has 0 atom stereocenters. The van der Waals surface area contributed by atoms with E-state index in [1.807, 2.05) is 42.7 Å². The van der Waals surface area contributed by atoms with Gasteiger partial charge in [0.2, 0.25) is 0 Å². The Morgan fingerprint density at radius 2 is 2.00 bits per heavy atom. The van der Waals surface area contributed by atoms with Crippen molar-refractivity contribution in [3.8, 4) is 5.75 Å². The summed E-state index contributed by atoms with van der Waals surface area (Å²) in [6, 6.07) is 13.9. The molecule has 0 amide bonds. The van der Waals surface area contributed by atoms with Crippen molar-refractivity contribution in [1.82, 2.24) is 4.98 Å². The van der Waals surface area contributed by atoms with E-state index in [0.29, 0.717) is 17.3 Å². The van der Waals surface area contributed by atoms with Crippen LogP contribution >= 0.6 is 11.6 Å². The number of halogens is 1. The third kappa shape index (κ3) is 2.93. The zero-order chi connectivity index (χ0) is 14.7. The number of pyridine rings is 1. The van der Waals surface area contributed by atoms with Gasteiger partial charge in [-0.05, 0) is 23.1 Å². The Labute approximate surface area is 128 Å². The van der Waals surface area contributed by atoms with E-state index in [2.05, 4.69) is 22.4 Å². The van der Waals surface area contributed by atoms with E-state index in [1.165, 1.54) is 5.39 Å². The molecule has 106 valence electrons. The summed E-state index contributed by atoms with van der Waals surface area (Å²) in [4.78, 5) is 4.29. The molecule has 3 nitrogen and oxygen atoms in total. The number of nitrogens with zero attached hydrogens (tertiary/aromatic N) is 1. The Kier molecular flexibility index (Phi) is 3.93. The standard InChI is InChI=1S/C17H15ClN2O/c1-21-17-8-14(6-7-16(17)18)20-11-13-10-19-9-12-4-2-3-5-15(12)13/h2-10,20H,11H2,1H3. The molecule has 0 radical (unpaired) electrons. The van der Waals surface area contributed by atoms with Gasteiger partial charge in [-0.3, -0.25) is 4.98 Å². The normalized spacial score (nSPS) is 10.6. The van der Waals surface area contributed by atoms with Gasteiger partial charge in [-0.15, -0.1) is 0 Å². The van der Waals surface area contributed by atoms with Gasteiger partial charge in [0.15, 0.2) is 0 Å². The number of methoxy groups -OCH3 is 1. The fourth-order valence-corrected chi connectivity index (χ4v) is 2.48. The van der Waals surface area contributed by atoms with Crippen LogP contribution in [0.1, 0.15) is 5.56 Å². The first-order valence-electron chi connectivity index (χ1n) is 6.67. The average molecular weight is 299 g/mol. The summed E-state index contributed by atoms with van der Waals surface area (Å²) in [5.41, 5.74) is 2.12. The van der Waals surface area contributed by atoms with Crippen molar-refractivity contribution in [2.75, 3.05) is 12.4 Å². The van der Waals surface area contributed by atoms with Gasteiger partial charge in [-0.25, -0.2) is 0 Å². The summed E-state index contributed by atoms with van der Waals surface area (Å²) in [6.45, 7) is 0.694. The van der Waals surface area contributed by atoms with Crippen LogP contribution in [0.4, 0.5) is 5.69 Å². The highest BCUT2D eigenvalue weighted by molar-refractivity contribution is 6.32. The summed E-state index contributed by atoms with van der Waals surface area (Å²) in [6.07, 6.45) is 3.77. The Morgan fingerprint density at radius 1 is 1.14 bits per heavy atom. The second-order valence-corrected chi connectivity index (χ2v) is 5.13. The van der Waals surface area contributed by atoms with Gasteiger partial charge in [0.25, 0.3) is 0 Å². The minimum absolute atomic E-state index is 0.606. The zero-order valence-electron chi connectivity index (χ0n) is 11.6. The second kappa shape index (κ2) is 6.02. The van der Waals surface area contributed by atoms with Gasteiger partial charge in [-0.1, -0.05) is 35.9 Å². The Hall–Kier alpha value is -2.26. The first-order valence-corrected chi connectivity index (χ1v) is 7.05. The molecule has 2 aromatic carbocycles. The van der Waals surface area contributed by atoms with E-state index in [1.54, 1.807) is 7.11 Å². The lowest BCUT2D eigenvalue weighted by atomic mass is 10.1. The van der Waals surface area contributed by atoms with Crippen molar-refractivity contribution in [3.63, 3.8) is 0 Å². The minimum atomic E-state index is 0.606. The summed E-state index contributed by atoms with van der Waals surface area (Å²) >= 11 is 6.03. The number of rotatable bonds is 4. The van der Waals surface area contributed by atoms with Crippen molar-refractivity contribution in [2.45, 2.75) is 6.54 Å². The predicted octanol–water partition coefficient (Wildman–Crippen LogP) is 4.51. The molecular weight excluding hydrogens is 284 g/mol. The molecule has 0 aliphatic heterocycles. The van der Waals surface area contributed by atoms with Gasteiger partial charge in [0, 0.05) is 36.1 Å². The summed E-state index contributed by atoms with van der Waals surface area (Å²) in [5, 5.41) is 6.34. The van der Waals surface area contributed by atoms with Crippen molar-refractivity contribution < 1.29 is 4.74 Å². The van der Waals surface area contributed by atoms with Crippen LogP contribution in [-0.2, 0) is 6.54 Å². The van der Waals surface area contributed by atoms with Crippen LogP contribution in [0.5, 0.6) is 5.75 Å². The molecule has 3 aromatic rings. The maximum atomic E-state index is 6.03. The Balaban J connectivity index is 1.83. The SMILES string of the molecule is COc1cc(NCc2cncc3ccccc23)ccc1Cl. The highest BCUT2D eigenvalue weighted by atomic mass is 35.5. The molecule has 0 unspecified atom stereocenters. The molecule has 0 fully saturated rings. The van der Waals surface area contributed by atoms with E-state index in [4.69, 9.17) is 16.3 Å². The molecule has 0 bridgehead atoms. The number of ether oxygens (including phenoxy) is 1. The van der Waals surface area contributed by atoms with E-state index >= 15 is 0 Å². The van der Waals surface area contributed by atoms with Crippen LogP contribution in [0.25, 0.3) is 10.8 Å². The number of hydrogen-bond acceptors (Lipinski definition) is 3. The fraction of sp³-hybridized carbons (Fsp3) is 0.118. The maximum absolute atomic E-state index is 6.03. The van der Waals surface area contributed by atoms with Crippen molar-refractivity contribution in [2.24, 2.45) is 0 Å². The monoisotopic (exact) mass is 298 g/mol. The summed E-state index contributed by atoms with van der Waals surface area (Å²) < 4.78 is 5.22. The van der Waals surface area contributed by atoms with Crippen LogP contribution in [0.3, 0.4) is 0 Å². The van der Waals surface area contributed by atoms with E-state index < -0.39 is 0 Å².